The normalized spacial score (nSPS) is 16.0. The van der Waals surface area contributed by atoms with Crippen molar-refractivity contribution < 1.29 is 27.2 Å². The number of hydrogen-bond acceptors (Lipinski definition) is 7. The Balaban J connectivity index is 1.20. The molecule has 1 aliphatic heterocycles. The number of fused-ring (bicyclic) bond motifs is 1. The molecule has 0 radical (unpaired) electrons. The third-order valence-electron chi connectivity index (χ3n) is 7.51. The summed E-state index contributed by atoms with van der Waals surface area (Å²) in [7, 11) is 1.87. The highest BCUT2D eigenvalue weighted by atomic mass is 19.4. The summed E-state index contributed by atoms with van der Waals surface area (Å²) in [6.45, 7) is 1.71. The quantitative estimate of drug-likeness (QED) is 0.286. The molecule has 2 aliphatic rings. The minimum absolute atomic E-state index is 0.178. The van der Waals surface area contributed by atoms with Crippen LogP contribution in [0.15, 0.2) is 42.7 Å². The van der Waals surface area contributed by atoms with E-state index in [2.05, 4.69) is 25.7 Å². The number of carbonyl (C=O) groups is 2. The number of halogens is 4. The molecule has 1 saturated carbocycles. The highest BCUT2D eigenvalue weighted by molar-refractivity contribution is 6.02. The molecule has 4 aromatic rings. The number of rotatable bonds is 5. The fourth-order valence-electron chi connectivity index (χ4n) is 5.04. The molecule has 0 unspecified atom stereocenters. The fourth-order valence-corrected chi connectivity index (χ4v) is 5.04. The zero-order valence-corrected chi connectivity index (χ0v) is 23.0. The molecule has 224 valence electrons. The molecule has 0 atom stereocenters. The van der Waals surface area contributed by atoms with E-state index in [9.17, 15) is 22.8 Å². The van der Waals surface area contributed by atoms with Gasteiger partial charge < -0.3 is 26.2 Å². The zero-order chi connectivity index (χ0) is 30.5. The van der Waals surface area contributed by atoms with Crippen LogP contribution in [0.3, 0.4) is 0 Å². The molecule has 1 aliphatic carbocycles. The Labute approximate surface area is 242 Å². The molecule has 1 saturated heterocycles. The summed E-state index contributed by atoms with van der Waals surface area (Å²) in [5, 5.41) is 9.68. The maximum absolute atomic E-state index is 15.1. The second kappa shape index (κ2) is 10.8. The molecule has 2 aromatic heterocycles. The molecule has 2 aromatic carbocycles. The number of nitrogens with zero attached hydrogens (tertiary/aromatic N) is 6. The molecule has 0 bridgehead atoms. The number of hydrogen-bond donors (Lipinski definition) is 3. The molecule has 2 fully saturated rings. The molecule has 3 amide bonds. The number of carbonyl (C=O) groups excluding carboxylic acids is 2. The Hall–Kier alpha value is -4.79. The van der Waals surface area contributed by atoms with E-state index in [1.165, 1.54) is 35.5 Å². The number of likely N-dealkylation sites (N-methyl/N-ethyl adjacent to an activating group) is 1. The Morgan fingerprint density at radius 1 is 1.00 bits per heavy atom. The van der Waals surface area contributed by atoms with Crippen molar-refractivity contribution in [3.63, 3.8) is 0 Å². The minimum Gasteiger partial charge on any atom is -0.383 e. The largest absolute Gasteiger partial charge is 0.417 e. The highest BCUT2D eigenvalue weighted by Crippen LogP contribution is 2.40. The van der Waals surface area contributed by atoms with Crippen LogP contribution in [0, 0.1) is 5.82 Å². The van der Waals surface area contributed by atoms with E-state index in [1.54, 1.807) is 4.68 Å². The summed E-state index contributed by atoms with van der Waals surface area (Å²) in [4.78, 5) is 37.2. The van der Waals surface area contributed by atoms with Crippen molar-refractivity contribution >= 4 is 40.2 Å². The van der Waals surface area contributed by atoms with E-state index in [0.717, 1.165) is 18.9 Å². The van der Waals surface area contributed by atoms with Crippen LogP contribution in [0.1, 0.15) is 34.8 Å². The third kappa shape index (κ3) is 5.67. The van der Waals surface area contributed by atoms with Crippen LogP contribution in [0.5, 0.6) is 0 Å². The molecular formula is C28H27F4N9O2. The Morgan fingerprint density at radius 2 is 1.74 bits per heavy atom. The summed E-state index contributed by atoms with van der Waals surface area (Å²) in [6, 6.07) is 6.14. The number of piperazine rings is 1. The van der Waals surface area contributed by atoms with Gasteiger partial charge in [0.15, 0.2) is 5.65 Å². The first-order valence-electron chi connectivity index (χ1n) is 13.6. The third-order valence-corrected chi connectivity index (χ3v) is 7.51. The number of alkyl halides is 3. The van der Waals surface area contributed by atoms with Gasteiger partial charge in [-0.15, -0.1) is 0 Å². The Kier molecular flexibility index (Phi) is 7.12. The number of amides is 3. The topological polar surface area (TPSA) is 134 Å². The van der Waals surface area contributed by atoms with Gasteiger partial charge in [0.05, 0.1) is 28.2 Å². The monoisotopic (exact) mass is 597 g/mol. The number of anilines is 3. The van der Waals surface area contributed by atoms with Crippen molar-refractivity contribution in [2.45, 2.75) is 25.1 Å². The molecule has 15 heteroatoms. The highest BCUT2D eigenvalue weighted by Gasteiger charge is 2.37. The van der Waals surface area contributed by atoms with Gasteiger partial charge in [0, 0.05) is 37.4 Å². The Morgan fingerprint density at radius 3 is 2.42 bits per heavy atom. The van der Waals surface area contributed by atoms with Gasteiger partial charge in [-0.1, -0.05) is 6.07 Å². The van der Waals surface area contributed by atoms with E-state index >= 15 is 4.39 Å². The summed E-state index contributed by atoms with van der Waals surface area (Å²) in [6.07, 6.45) is -1.64. The lowest BCUT2D eigenvalue weighted by atomic mass is 10.0. The predicted octanol–water partition coefficient (Wildman–Crippen LogP) is 4.60. The second-order valence-electron chi connectivity index (χ2n) is 10.6. The second-order valence-corrected chi connectivity index (χ2v) is 10.6. The number of nitrogens with two attached hydrogens (primary N) is 1. The van der Waals surface area contributed by atoms with Crippen LogP contribution in [-0.2, 0) is 6.18 Å². The first kappa shape index (κ1) is 28.3. The van der Waals surface area contributed by atoms with Gasteiger partial charge >= 0.3 is 12.2 Å². The van der Waals surface area contributed by atoms with Gasteiger partial charge in [-0.05, 0) is 50.2 Å². The van der Waals surface area contributed by atoms with Gasteiger partial charge in [-0.3, -0.25) is 4.79 Å². The predicted molar refractivity (Wildman–Crippen MR) is 151 cm³/mol. The SMILES string of the molecule is CN1CCN(C(=O)c2ccc(NC(=O)Nc3ccc(-c4nn(C5CC5)c5ncnc(N)c45)cc3F)cc2C(F)(F)F)CC1. The number of urea groups is 1. The summed E-state index contributed by atoms with van der Waals surface area (Å²) in [5.74, 6) is -1.34. The minimum atomic E-state index is -4.85. The molecular weight excluding hydrogens is 570 g/mol. The number of benzene rings is 2. The standard InChI is InChI=1S/C28H27F4N9O2/c1-39-8-10-40(11-9-39)26(42)18-6-3-16(13-19(18)28(30,31)32)36-27(43)37-21-7-2-15(12-20(21)29)23-22-24(33)34-14-35-25(22)41(38-23)17-4-5-17/h2-3,6-7,12-14,17H,4-5,8-11H2,1H3,(H2,33,34,35)(H2,36,37,43). The van der Waals surface area contributed by atoms with Crippen LogP contribution in [-0.4, -0.2) is 74.7 Å². The van der Waals surface area contributed by atoms with E-state index in [4.69, 9.17) is 5.73 Å². The van der Waals surface area contributed by atoms with Crippen molar-refractivity contribution in [3.05, 3.63) is 59.7 Å². The molecule has 43 heavy (non-hydrogen) atoms. The van der Waals surface area contributed by atoms with Gasteiger partial charge in [0.2, 0.25) is 0 Å². The van der Waals surface area contributed by atoms with Crippen LogP contribution in [0.2, 0.25) is 0 Å². The Bertz CT molecular complexity index is 1730. The molecule has 0 spiro atoms. The van der Waals surface area contributed by atoms with E-state index in [1.807, 2.05) is 11.9 Å². The first-order chi connectivity index (χ1) is 20.5. The van der Waals surface area contributed by atoms with Crippen molar-refractivity contribution in [2.24, 2.45) is 0 Å². The molecule has 6 rings (SSSR count). The lowest BCUT2D eigenvalue weighted by Gasteiger charge is -2.33. The maximum Gasteiger partial charge on any atom is 0.417 e. The lowest BCUT2D eigenvalue weighted by molar-refractivity contribution is -0.138. The average Bonchev–Trinajstić information content (AvgIpc) is 3.73. The van der Waals surface area contributed by atoms with Crippen LogP contribution < -0.4 is 16.4 Å². The van der Waals surface area contributed by atoms with Gasteiger partial charge in [0.1, 0.15) is 23.7 Å². The van der Waals surface area contributed by atoms with Crippen LogP contribution >= 0.6 is 0 Å². The van der Waals surface area contributed by atoms with Crippen LogP contribution in [0.4, 0.5) is 39.5 Å². The molecule has 11 nitrogen and oxygen atoms in total. The zero-order valence-electron chi connectivity index (χ0n) is 23.0. The smallest absolute Gasteiger partial charge is 0.383 e. The summed E-state index contributed by atoms with van der Waals surface area (Å²) in [5.41, 5.74) is 5.28. The maximum atomic E-state index is 15.1. The van der Waals surface area contributed by atoms with Crippen molar-refractivity contribution in [1.29, 1.82) is 0 Å². The van der Waals surface area contributed by atoms with Gasteiger partial charge in [0.25, 0.3) is 5.91 Å². The van der Waals surface area contributed by atoms with E-state index < -0.39 is 35.1 Å². The number of aromatic nitrogens is 4. The van der Waals surface area contributed by atoms with Crippen molar-refractivity contribution in [3.8, 4) is 11.3 Å². The summed E-state index contributed by atoms with van der Waals surface area (Å²) < 4.78 is 58.7. The van der Waals surface area contributed by atoms with Gasteiger partial charge in [-0.2, -0.15) is 18.3 Å². The van der Waals surface area contributed by atoms with E-state index in [0.29, 0.717) is 54.5 Å². The van der Waals surface area contributed by atoms with Crippen LogP contribution in [0.25, 0.3) is 22.3 Å². The number of nitrogens with one attached hydrogen (secondary N) is 2. The van der Waals surface area contributed by atoms with E-state index in [-0.39, 0.29) is 23.2 Å². The lowest BCUT2D eigenvalue weighted by Crippen LogP contribution is -2.47. The fraction of sp³-hybridized carbons (Fsp3) is 0.321. The number of nitrogen functional groups attached to an aromatic ring is 1. The average molecular weight is 598 g/mol. The summed E-state index contributed by atoms with van der Waals surface area (Å²) >= 11 is 0. The van der Waals surface area contributed by atoms with Crippen molar-refractivity contribution in [1.82, 2.24) is 29.5 Å². The molecule has 3 heterocycles. The molecule has 4 N–H and O–H groups in total. The van der Waals surface area contributed by atoms with Gasteiger partial charge in [-0.25, -0.2) is 23.8 Å². The van der Waals surface area contributed by atoms with Crippen molar-refractivity contribution in [2.75, 3.05) is 49.6 Å². The first-order valence-corrected chi connectivity index (χ1v) is 13.6.